The molecule has 1 saturated heterocycles. The fraction of sp³-hybridized carbons (Fsp3) is 0.636. The van der Waals surface area contributed by atoms with Gasteiger partial charge in [0.25, 0.3) is 0 Å². The van der Waals surface area contributed by atoms with Crippen molar-refractivity contribution in [3.05, 3.63) is 18.1 Å². The van der Waals surface area contributed by atoms with Crippen LogP contribution in [-0.4, -0.2) is 29.3 Å². The molecule has 1 aromatic rings. The summed E-state index contributed by atoms with van der Waals surface area (Å²) in [7, 11) is 0. The van der Waals surface area contributed by atoms with Crippen molar-refractivity contribution in [1.29, 1.82) is 0 Å². The van der Waals surface area contributed by atoms with Gasteiger partial charge in [-0.2, -0.15) is 0 Å². The molecule has 0 amide bonds. The average Bonchev–Trinajstić information content (AvgIpc) is 2.16. The maximum atomic E-state index is 5.45. The Hall–Kier alpha value is -1.16. The maximum Gasteiger partial charge on any atom is 0.232 e. The molecule has 0 bridgehead atoms. The van der Waals surface area contributed by atoms with Crippen molar-refractivity contribution in [2.75, 3.05) is 13.2 Å². The van der Waals surface area contributed by atoms with Crippen molar-refractivity contribution in [3.63, 3.8) is 0 Å². The molecule has 4 heteroatoms. The molecule has 1 unspecified atom stereocenters. The van der Waals surface area contributed by atoms with Crippen LogP contribution in [0.15, 0.2) is 12.4 Å². The molecule has 4 nitrogen and oxygen atoms in total. The van der Waals surface area contributed by atoms with E-state index in [1.54, 1.807) is 12.4 Å². The van der Waals surface area contributed by atoms with Gasteiger partial charge in [-0.1, -0.05) is 13.8 Å². The normalized spacial score (nSPS) is 20.1. The summed E-state index contributed by atoms with van der Waals surface area (Å²) in [5, 5.41) is 0. The van der Waals surface area contributed by atoms with Crippen molar-refractivity contribution in [2.45, 2.75) is 32.3 Å². The zero-order valence-electron chi connectivity index (χ0n) is 9.14. The molecule has 1 aliphatic heterocycles. The average molecular weight is 208 g/mol. The topological polar surface area (TPSA) is 44.2 Å². The number of hydrogen-bond acceptors (Lipinski definition) is 4. The van der Waals surface area contributed by atoms with Gasteiger partial charge in [0.15, 0.2) is 0 Å². The Morgan fingerprint density at radius 1 is 1.47 bits per heavy atom. The fourth-order valence-electron chi connectivity index (χ4n) is 1.29. The van der Waals surface area contributed by atoms with Crippen LogP contribution in [0.4, 0.5) is 0 Å². The quantitative estimate of drug-likeness (QED) is 0.756. The summed E-state index contributed by atoms with van der Waals surface area (Å²) >= 11 is 0. The number of hydrogen-bond donors (Lipinski definition) is 0. The SMILES string of the molecule is CC(C)c1cnc(OCC2CCO2)cn1. The van der Waals surface area contributed by atoms with Gasteiger partial charge < -0.3 is 9.47 Å². The van der Waals surface area contributed by atoms with E-state index in [-0.39, 0.29) is 6.10 Å². The largest absolute Gasteiger partial charge is 0.474 e. The summed E-state index contributed by atoms with van der Waals surface area (Å²) in [5.41, 5.74) is 0.988. The van der Waals surface area contributed by atoms with Crippen LogP contribution in [0.1, 0.15) is 31.9 Å². The fourth-order valence-corrected chi connectivity index (χ4v) is 1.29. The Morgan fingerprint density at radius 3 is 2.73 bits per heavy atom. The van der Waals surface area contributed by atoms with Crippen LogP contribution in [-0.2, 0) is 4.74 Å². The molecular weight excluding hydrogens is 192 g/mol. The predicted molar refractivity (Wildman–Crippen MR) is 56.0 cm³/mol. The van der Waals surface area contributed by atoms with E-state index in [2.05, 4.69) is 23.8 Å². The monoisotopic (exact) mass is 208 g/mol. The van der Waals surface area contributed by atoms with Gasteiger partial charge in [0, 0.05) is 13.0 Å². The highest BCUT2D eigenvalue weighted by molar-refractivity contribution is 5.09. The highest BCUT2D eigenvalue weighted by atomic mass is 16.5. The molecule has 0 radical (unpaired) electrons. The molecule has 15 heavy (non-hydrogen) atoms. The zero-order valence-corrected chi connectivity index (χ0v) is 9.14. The van der Waals surface area contributed by atoms with Crippen molar-refractivity contribution < 1.29 is 9.47 Å². The maximum absolute atomic E-state index is 5.45. The lowest BCUT2D eigenvalue weighted by Crippen LogP contribution is -2.32. The molecule has 0 N–H and O–H groups in total. The summed E-state index contributed by atoms with van der Waals surface area (Å²) < 4.78 is 10.7. The molecule has 1 atom stereocenters. The van der Waals surface area contributed by atoms with Gasteiger partial charge in [0.1, 0.15) is 6.61 Å². The summed E-state index contributed by atoms with van der Waals surface area (Å²) in [4.78, 5) is 8.46. The lowest BCUT2D eigenvalue weighted by atomic mass is 10.1. The smallest absolute Gasteiger partial charge is 0.232 e. The van der Waals surface area contributed by atoms with Crippen molar-refractivity contribution in [3.8, 4) is 5.88 Å². The molecule has 0 saturated carbocycles. The van der Waals surface area contributed by atoms with Gasteiger partial charge in [-0.15, -0.1) is 0 Å². The Labute approximate surface area is 89.6 Å². The lowest BCUT2D eigenvalue weighted by Gasteiger charge is -2.25. The number of nitrogens with zero attached hydrogens (tertiary/aromatic N) is 2. The molecule has 2 rings (SSSR count). The Balaban J connectivity index is 1.86. The van der Waals surface area contributed by atoms with E-state index >= 15 is 0 Å². The van der Waals surface area contributed by atoms with Crippen LogP contribution in [0.3, 0.4) is 0 Å². The highest BCUT2D eigenvalue weighted by Gasteiger charge is 2.18. The first-order chi connectivity index (χ1) is 7.25. The third kappa shape index (κ3) is 2.65. The van der Waals surface area contributed by atoms with Crippen LogP contribution >= 0.6 is 0 Å². The van der Waals surface area contributed by atoms with Gasteiger partial charge in [0.05, 0.1) is 24.2 Å². The molecule has 1 aromatic heterocycles. The number of aromatic nitrogens is 2. The summed E-state index contributed by atoms with van der Waals surface area (Å²) in [6.07, 6.45) is 4.77. The van der Waals surface area contributed by atoms with E-state index in [4.69, 9.17) is 9.47 Å². The second-order valence-electron chi connectivity index (χ2n) is 4.03. The summed E-state index contributed by atoms with van der Waals surface area (Å²) in [5.74, 6) is 0.983. The number of rotatable bonds is 4. The van der Waals surface area contributed by atoms with Gasteiger partial charge in [0.2, 0.25) is 5.88 Å². The van der Waals surface area contributed by atoms with Crippen LogP contribution in [0.5, 0.6) is 5.88 Å². The standard InChI is InChI=1S/C11H16N2O2/c1-8(2)10-5-13-11(6-12-10)15-7-9-3-4-14-9/h5-6,8-9H,3-4,7H2,1-2H3. The van der Waals surface area contributed by atoms with Crippen LogP contribution in [0, 0.1) is 0 Å². The third-order valence-corrected chi connectivity index (χ3v) is 2.45. The van der Waals surface area contributed by atoms with E-state index in [1.807, 2.05) is 0 Å². The molecule has 1 aliphatic rings. The minimum atomic E-state index is 0.247. The highest BCUT2D eigenvalue weighted by Crippen LogP contribution is 2.15. The second-order valence-corrected chi connectivity index (χ2v) is 4.03. The summed E-state index contributed by atoms with van der Waals surface area (Å²) in [6.45, 7) is 5.61. The van der Waals surface area contributed by atoms with Crippen molar-refractivity contribution in [1.82, 2.24) is 9.97 Å². The first-order valence-corrected chi connectivity index (χ1v) is 5.32. The molecule has 0 aromatic carbocycles. The molecule has 0 aliphatic carbocycles. The van der Waals surface area contributed by atoms with E-state index in [0.717, 1.165) is 18.7 Å². The molecule has 1 fully saturated rings. The van der Waals surface area contributed by atoms with Crippen LogP contribution in [0.25, 0.3) is 0 Å². The Bertz CT molecular complexity index is 307. The van der Waals surface area contributed by atoms with Crippen molar-refractivity contribution in [2.24, 2.45) is 0 Å². The first kappa shape index (κ1) is 10.4. The minimum absolute atomic E-state index is 0.247. The van der Waals surface area contributed by atoms with E-state index < -0.39 is 0 Å². The molecular formula is C11H16N2O2. The molecule has 82 valence electrons. The predicted octanol–water partition coefficient (Wildman–Crippen LogP) is 1.77. The van der Waals surface area contributed by atoms with Gasteiger partial charge in [-0.25, -0.2) is 4.98 Å². The van der Waals surface area contributed by atoms with Crippen LogP contribution < -0.4 is 4.74 Å². The first-order valence-electron chi connectivity index (χ1n) is 5.32. The minimum Gasteiger partial charge on any atom is -0.474 e. The molecule has 0 spiro atoms. The van der Waals surface area contributed by atoms with E-state index in [0.29, 0.717) is 18.4 Å². The van der Waals surface area contributed by atoms with Crippen LogP contribution in [0.2, 0.25) is 0 Å². The van der Waals surface area contributed by atoms with E-state index in [1.165, 1.54) is 0 Å². The van der Waals surface area contributed by atoms with Gasteiger partial charge >= 0.3 is 0 Å². The summed E-state index contributed by atoms with van der Waals surface area (Å²) in [6, 6.07) is 0. The second kappa shape index (κ2) is 4.57. The third-order valence-electron chi connectivity index (χ3n) is 2.45. The number of ether oxygens (including phenoxy) is 2. The lowest BCUT2D eigenvalue weighted by molar-refractivity contribution is -0.0727. The van der Waals surface area contributed by atoms with Gasteiger partial charge in [-0.05, 0) is 5.92 Å². The van der Waals surface area contributed by atoms with Gasteiger partial charge in [-0.3, -0.25) is 4.98 Å². The Kier molecular flexibility index (Phi) is 3.16. The van der Waals surface area contributed by atoms with E-state index in [9.17, 15) is 0 Å². The molecule has 2 heterocycles. The Morgan fingerprint density at radius 2 is 2.27 bits per heavy atom. The van der Waals surface area contributed by atoms with Crippen molar-refractivity contribution >= 4 is 0 Å². The zero-order chi connectivity index (χ0) is 10.7.